The van der Waals surface area contributed by atoms with Gasteiger partial charge < -0.3 is 19.6 Å². The van der Waals surface area contributed by atoms with Gasteiger partial charge in [0.25, 0.3) is 0 Å². The molecular formula is C13H16LiN3O2. The molecule has 96 valence electrons. The zero-order valence-electron chi connectivity index (χ0n) is 11.5. The number of fused-ring (bicyclic) bond motifs is 1. The average Bonchev–Trinajstić information content (AvgIpc) is 2.75. The molecule has 0 unspecified atom stereocenters. The number of pyridine rings is 1. The van der Waals surface area contributed by atoms with Crippen molar-refractivity contribution in [3.8, 4) is 0 Å². The number of carboxylic acids is 1. The predicted molar refractivity (Wildman–Crippen MR) is 66.1 cm³/mol. The van der Waals surface area contributed by atoms with Crippen molar-refractivity contribution in [2.75, 3.05) is 6.54 Å². The summed E-state index contributed by atoms with van der Waals surface area (Å²) in [7, 11) is 0. The fourth-order valence-electron chi connectivity index (χ4n) is 1.84. The first-order chi connectivity index (χ1) is 8.58. The van der Waals surface area contributed by atoms with Crippen LogP contribution in [-0.2, 0) is 6.54 Å². The summed E-state index contributed by atoms with van der Waals surface area (Å²) in [4.78, 5) is 15.1. The summed E-state index contributed by atoms with van der Waals surface area (Å²) in [5.74, 6) is -0.639. The predicted octanol–water partition coefficient (Wildman–Crippen LogP) is -2.55. The number of nitrogens with zero attached hydrogens (tertiary/aromatic N) is 2. The maximum absolute atomic E-state index is 11.1. The fraction of sp³-hybridized carbons (Fsp3) is 0.385. The van der Waals surface area contributed by atoms with E-state index in [0.29, 0.717) is 18.1 Å². The molecule has 19 heavy (non-hydrogen) atoms. The molecule has 6 heteroatoms. The smallest absolute Gasteiger partial charge is 0.545 e. The molecule has 0 spiro atoms. The van der Waals surface area contributed by atoms with Gasteiger partial charge in [0.2, 0.25) is 0 Å². The Hall–Kier alpha value is -1.28. The van der Waals surface area contributed by atoms with Crippen molar-refractivity contribution in [1.82, 2.24) is 14.7 Å². The van der Waals surface area contributed by atoms with E-state index in [4.69, 9.17) is 0 Å². The topological polar surface area (TPSA) is 69.5 Å². The Labute approximate surface area is 124 Å². The van der Waals surface area contributed by atoms with Crippen molar-refractivity contribution in [3.05, 3.63) is 35.8 Å². The number of hydrogen-bond acceptors (Lipinski definition) is 4. The molecule has 0 aliphatic rings. The Morgan fingerprint density at radius 1 is 1.53 bits per heavy atom. The molecule has 0 aromatic carbocycles. The van der Waals surface area contributed by atoms with Gasteiger partial charge >= 0.3 is 18.9 Å². The summed E-state index contributed by atoms with van der Waals surface area (Å²) in [5.41, 5.74) is 1.45. The zero-order chi connectivity index (χ0) is 13.1. The molecule has 0 aliphatic heterocycles. The first kappa shape index (κ1) is 15.8. The van der Waals surface area contributed by atoms with E-state index in [2.05, 4.69) is 24.1 Å². The Morgan fingerprint density at radius 3 is 2.89 bits per heavy atom. The standard InChI is InChI=1S/C13H17N3O2.Li/c1-9(2)6-14-7-10-5-11(13(17)18)12-15-3-4-16(12)8-10;/h3-5,8-9,14H,6-7H2,1-2H3,(H,17,18);/q;+1/p-1. The summed E-state index contributed by atoms with van der Waals surface area (Å²) in [6.45, 7) is 5.77. The van der Waals surface area contributed by atoms with Crippen LogP contribution in [0.15, 0.2) is 24.7 Å². The van der Waals surface area contributed by atoms with Crippen molar-refractivity contribution >= 4 is 11.6 Å². The van der Waals surface area contributed by atoms with Crippen molar-refractivity contribution in [3.63, 3.8) is 0 Å². The number of carbonyl (C=O) groups is 1. The van der Waals surface area contributed by atoms with Crippen molar-refractivity contribution in [1.29, 1.82) is 0 Å². The van der Waals surface area contributed by atoms with Gasteiger partial charge in [0.05, 0.1) is 5.97 Å². The van der Waals surface area contributed by atoms with Gasteiger partial charge in [0.1, 0.15) is 5.65 Å². The first-order valence-electron chi connectivity index (χ1n) is 5.95. The molecule has 0 amide bonds. The summed E-state index contributed by atoms with van der Waals surface area (Å²) in [6, 6.07) is 1.62. The molecule has 2 aromatic rings. The molecule has 0 saturated heterocycles. The maximum Gasteiger partial charge on any atom is 1.00 e. The summed E-state index contributed by atoms with van der Waals surface area (Å²) >= 11 is 0. The second kappa shape index (κ2) is 6.76. The van der Waals surface area contributed by atoms with Crippen LogP contribution in [0.3, 0.4) is 0 Å². The molecule has 0 radical (unpaired) electrons. The van der Waals surface area contributed by atoms with Crippen LogP contribution in [0, 0.1) is 5.92 Å². The van der Waals surface area contributed by atoms with Gasteiger partial charge in [-0.3, -0.25) is 0 Å². The van der Waals surface area contributed by atoms with E-state index in [-0.39, 0.29) is 24.4 Å². The molecule has 0 aliphatic carbocycles. The van der Waals surface area contributed by atoms with Crippen molar-refractivity contribution in [2.45, 2.75) is 20.4 Å². The normalized spacial score (nSPS) is 10.7. The fourth-order valence-corrected chi connectivity index (χ4v) is 1.84. The van der Waals surface area contributed by atoms with E-state index in [1.54, 1.807) is 22.9 Å². The van der Waals surface area contributed by atoms with Gasteiger partial charge in [-0.15, -0.1) is 0 Å². The van der Waals surface area contributed by atoms with Gasteiger partial charge in [-0.2, -0.15) is 0 Å². The van der Waals surface area contributed by atoms with Crippen LogP contribution in [0.25, 0.3) is 5.65 Å². The summed E-state index contributed by atoms with van der Waals surface area (Å²) in [5, 5.41) is 14.3. The second-order valence-corrected chi connectivity index (χ2v) is 4.73. The number of imidazole rings is 1. The number of aromatic carboxylic acids is 1. The number of hydrogen-bond donors (Lipinski definition) is 1. The summed E-state index contributed by atoms with van der Waals surface area (Å²) < 4.78 is 1.71. The van der Waals surface area contributed by atoms with Crippen LogP contribution in [0.4, 0.5) is 0 Å². The summed E-state index contributed by atoms with van der Waals surface area (Å²) in [6.07, 6.45) is 5.18. The molecular weight excluding hydrogens is 237 g/mol. The quantitative estimate of drug-likeness (QED) is 0.596. The minimum Gasteiger partial charge on any atom is -0.545 e. The number of rotatable bonds is 5. The molecule has 1 N–H and O–H groups in total. The van der Waals surface area contributed by atoms with Crippen molar-refractivity contribution in [2.24, 2.45) is 5.92 Å². The first-order valence-corrected chi connectivity index (χ1v) is 5.95. The molecule has 5 nitrogen and oxygen atoms in total. The second-order valence-electron chi connectivity index (χ2n) is 4.73. The molecule has 0 bridgehead atoms. The number of nitrogens with one attached hydrogen (secondary N) is 1. The minimum absolute atomic E-state index is 0. The Balaban J connectivity index is 0.00000180. The van der Waals surface area contributed by atoms with Crippen LogP contribution >= 0.6 is 0 Å². The average molecular weight is 253 g/mol. The Bertz CT molecular complexity index is 566. The molecule has 2 heterocycles. The van der Waals surface area contributed by atoms with Crippen LogP contribution in [0.1, 0.15) is 29.8 Å². The van der Waals surface area contributed by atoms with Crippen molar-refractivity contribution < 1.29 is 28.8 Å². The monoisotopic (exact) mass is 253 g/mol. The third-order valence-electron chi connectivity index (χ3n) is 2.65. The van der Waals surface area contributed by atoms with Gasteiger partial charge in [-0.25, -0.2) is 4.98 Å². The maximum atomic E-state index is 11.1. The van der Waals surface area contributed by atoms with E-state index >= 15 is 0 Å². The largest absolute Gasteiger partial charge is 1.00 e. The zero-order valence-corrected chi connectivity index (χ0v) is 11.5. The van der Waals surface area contributed by atoms with Crippen LogP contribution in [-0.4, -0.2) is 21.9 Å². The number of aromatic nitrogens is 2. The van der Waals surface area contributed by atoms with E-state index in [0.717, 1.165) is 12.1 Å². The van der Waals surface area contributed by atoms with Crippen LogP contribution in [0.2, 0.25) is 0 Å². The minimum atomic E-state index is -1.20. The molecule has 2 aromatic heterocycles. The SMILES string of the molecule is CC(C)CNCc1cc(C(=O)[O-])c2nccn2c1.[Li+]. The van der Waals surface area contributed by atoms with E-state index in [9.17, 15) is 9.90 Å². The third kappa shape index (κ3) is 3.84. The Morgan fingerprint density at radius 2 is 2.26 bits per heavy atom. The Kier molecular flexibility index (Phi) is 5.61. The van der Waals surface area contributed by atoms with E-state index in [1.165, 1.54) is 0 Å². The molecule has 0 fully saturated rings. The third-order valence-corrected chi connectivity index (χ3v) is 2.65. The van der Waals surface area contributed by atoms with Crippen LogP contribution < -0.4 is 29.3 Å². The van der Waals surface area contributed by atoms with E-state index < -0.39 is 5.97 Å². The van der Waals surface area contributed by atoms with Gasteiger partial charge in [0, 0.05) is 30.7 Å². The van der Waals surface area contributed by atoms with E-state index in [1.807, 2.05) is 6.20 Å². The molecule has 2 rings (SSSR count). The number of carboxylic acid groups (broad SMARTS) is 1. The van der Waals surface area contributed by atoms with Crippen LogP contribution in [0.5, 0.6) is 0 Å². The van der Waals surface area contributed by atoms with Gasteiger partial charge in [-0.1, -0.05) is 13.8 Å². The molecule has 0 saturated carbocycles. The molecule has 0 atom stereocenters. The van der Waals surface area contributed by atoms with Gasteiger partial charge in [0.15, 0.2) is 0 Å². The number of carbonyl (C=O) groups excluding carboxylic acids is 1. The van der Waals surface area contributed by atoms with Gasteiger partial charge in [-0.05, 0) is 24.1 Å².